The molecule has 70 valence electrons. The highest BCUT2D eigenvalue weighted by Gasteiger charge is 2.18. The van der Waals surface area contributed by atoms with E-state index in [0.717, 1.165) is 19.6 Å². The molecule has 0 aliphatic rings. The second-order valence-corrected chi connectivity index (χ2v) is 3.48. The number of isocyanates is 1. The first-order chi connectivity index (χ1) is 5.55. The summed E-state index contributed by atoms with van der Waals surface area (Å²) in [7, 11) is 0. The fourth-order valence-corrected chi connectivity index (χ4v) is 1.15. The van der Waals surface area contributed by atoms with E-state index < -0.39 is 0 Å². The summed E-state index contributed by atoms with van der Waals surface area (Å²) in [6, 6.07) is 0. The minimum Gasteiger partial charge on any atom is -0.301 e. The summed E-state index contributed by atoms with van der Waals surface area (Å²) in [5, 5.41) is 0. The molecule has 0 spiro atoms. The number of hydrogen-bond donors (Lipinski definition) is 0. The van der Waals surface area contributed by atoms with Crippen molar-refractivity contribution in [3.63, 3.8) is 0 Å². The number of hydrogen-bond acceptors (Lipinski definition) is 3. The molecule has 0 aromatic carbocycles. The van der Waals surface area contributed by atoms with Crippen LogP contribution in [0.1, 0.15) is 27.7 Å². The molecule has 0 saturated heterocycles. The Morgan fingerprint density at radius 1 is 1.33 bits per heavy atom. The lowest BCUT2D eigenvalue weighted by atomic mass is 10.1. The fraction of sp³-hybridized carbons (Fsp3) is 0.889. The van der Waals surface area contributed by atoms with Crippen LogP contribution in [0.25, 0.3) is 0 Å². The van der Waals surface area contributed by atoms with Crippen molar-refractivity contribution in [2.24, 2.45) is 4.99 Å². The van der Waals surface area contributed by atoms with E-state index in [1.54, 1.807) is 6.08 Å². The Balaban J connectivity index is 4.10. The highest BCUT2D eigenvalue weighted by Crippen LogP contribution is 2.09. The van der Waals surface area contributed by atoms with E-state index >= 15 is 0 Å². The van der Waals surface area contributed by atoms with Gasteiger partial charge in [0.1, 0.15) is 0 Å². The average Bonchev–Trinajstić information content (AvgIpc) is 2.00. The molecule has 3 heteroatoms. The summed E-state index contributed by atoms with van der Waals surface area (Å²) < 4.78 is 0. The third-order valence-electron chi connectivity index (χ3n) is 1.85. The number of carbonyl (C=O) groups excluding carboxylic acids is 1. The lowest BCUT2D eigenvalue weighted by Gasteiger charge is -2.26. The maximum Gasteiger partial charge on any atom is 0.235 e. The van der Waals surface area contributed by atoms with Crippen molar-refractivity contribution in [1.29, 1.82) is 0 Å². The summed E-state index contributed by atoms with van der Waals surface area (Å²) in [6.07, 6.45) is 1.61. The third-order valence-corrected chi connectivity index (χ3v) is 1.85. The highest BCUT2D eigenvalue weighted by molar-refractivity contribution is 5.34. The van der Waals surface area contributed by atoms with Gasteiger partial charge in [-0.3, -0.25) is 0 Å². The van der Waals surface area contributed by atoms with Gasteiger partial charge < -0.3 is 4.90 Å². The molecule has 0 saturated carbocycles. The Bertz CT molecular complexity index is 167. The van der Waals surface area contributed by atoms with Crippen molar-refractivity contribution < 1.29 is 4.79 Å². The predicted molar refractivity (Wildman–Crippen MR) is 50.0 cm³/mol. The van der Waals surface area contributed by atoms with E-state index in [9.17, 15) is 4.79 Å². The van der Waals surface area contributed by atoms with Gasteiger partial charge in [0.2, 0.25) is 6.08 Å². The first-order valence-corrected chi connectivity index (χ1v) is 4.37. The van der Waals surface area contributed by atoms with Crippen LogP contribution in [0.3, 0.4) is 0 Å². The van der Waals surface area contributed by atoms with Crippen LogP contribution in [0.15, 0.2) is 4.99 Å². The van der Waals surface area contributed by atoms with Crippen molar-refractivity contribution in [3.05, 3.63) is 0 Å². The molecule has 0 aliphatic carbocycles. The highest BCUT2D eigenvalue weighted by atomic mass is 16.1. The first kappa shape index (κ1) is 11.3. The second kappa shape index (κ2) is 5.07. The summed E-state index contributed by atoms with van der Waals surface area (Å²) in [5.74, 6) is 0. The third kappa shape index (κ3) is 4.27. The molecule has 0 unspecified atom stereocenters. The van der Waals surface area contributed by atoms with Crippen LogP contribution in [-0.2, 0) is 4.79 Å². The molecule has 0 aromatic rings. The molecule has 0 heterocycles. The van der Waals surface area contributed by atoms with Crippen LogP contribution >= 0.6 is 0 Å². The standard InChI is InChI=1S/C9H18N2O/c1-5-11(6-2)7-9(3,4)10-8-12/h5-7H2,1-4H3. The summed E-state index contributed by atoms with van der Waals surface area (Å²) >= 11 is 0. The van der Waals surface area contributed by atoms with E-state index in [1.165, 1.54) is 0 Å². The minimum atomic E-state index is -0.298. The normalized spacial score (nSPS) is 11.4. The van der Waals surface area contributed by atoms with Crippen LogP contribution in [0.2, 0.25) is 0 Å². The Morgan fingerprint density at radius 3 is 2.17 bits per heavy atom. The summed E-state index contributed by atoms with van der Waals surface area (Å²) in [5.41, 5.74) is -0.298. The smallest absolute Gasteiger partial charge is 0.235 e. The summed E-state index contributed by atoms with van der Waals surface area (Å²) in [4.78, 5) is 16.1. The molecule has 0 amide bonds. The number of rotatable bonds is 5. The van der Waals surface area contributed by atoms with Crippen molar-refractivity contribution in [1.82, 2.24) is 4.90 Å². The molecule has 0 fully saturated rings. The largest absolute Gasteiger partial charge is 0.301 e. The zero-order chi connectivity index (χ0) is 9.61. The minimum absolute atomic E-state index is 0.298. The van der Waals surface area contributed by atoms with Crippen LogP contribution in [0.5, 0.6) is 0 Å². The quantitative estimate of drug-likeness (QED) is 0.462. The fourth-order valence-electron chi connectivity index (χ4n) is 1.15. The van der Waals surface area contributed by atoms with Gasteiger partial charge in [-0.1, -0.05) is 13.8 Å². The van der Waals surface area contributed by atoms with Crippen molar-refractivity contribution in [2.75, 3.05) is 19.6 Å². The van der Waals surface area contributed by atoms with Crippen LogP contribution < -0.4 is 0 Å². The van der Waals surface area contributed by atoms with Crippen LogP contribution in [0, 0.1) is 0 Å². The molecule has 0 rings (SSSR count). The lowest BCUT2D eigenvalue weighted by molar-refractivity contribution is 0.248. The SMILES string of the molecule is CCN(CC)CC(C)(C)N=C=O. The van der Waals surface area contributed by atoms with Crippen LogP contribution in [0.4, 0.5) is 0 Å². The Labute approximate surface area is 74.5 Å². The summed E-state index contributed by atoms with van der Waals surface area (Å²) in [6.45, 7) is 10.9. The van der Waals surface area contributed by atoms with Crippen molar-refractivity contribution in [2.45, 2.75) is 33.2 Å². The van der Waals surface area contributed by atoms with Gasteiger partial charge >= 0.3 is 0 Å². The van der Waals surface area contributed by atoms with Crippen LogP contribution in [-0.4, -0.2) is 36.2 Å². The molecule has 0 atom stereocenters. The van der Waals surface area contributed by atoms with Crippen molar-refractivity contribution in [3.8, 4) is 0 Å². The monoisotopic (exact) mass is 170 g/mol. The van der Waals surface area contributed by atoms with E-state index in [2.05, 4.69) is 23.7 Å². The van der Waals surface area contributed by atoms with Gasteiger partial charge in [-0.25, -0.2) is 4.79 Å². The second-order valence-electron chi connectivity index (χ2n) is 3.48. The van der Waals surface area contributed by atoms with Gasteiger partial charge in [-0.2, -0.15) is 4.99 Å². The number of likely N-dealkylation sites (N-methyl/N-ethyl adjacent to an activating group) is 1. The molecule has 3 nitrogen and oxygen atoms in total. The van der Waals surface area contributed by atoms with E-state index in [4.69, 9.17) is 0 Å². The molecule has 12 heavy (non-hydrogen) atoms. The zero-order valence-corrected chi connectivity index (χ0v) is 8.42. The van der Waals surface area contributed by atoms with E-state index in [1.807, 2.05) is 13.8 Å². The molecule has 0 bridgehead atoms. The van der Waals surface area contributed by atoms with Gasteiger partial charge in [0, 0.05) is 6.54 Å². The number of nitrogens with zero attached hydrogens (tertiary/aromatic N) is 2. The first-order valence-electron chi connectivity index (χ1n) is 4.37. The molecule has 0 aromatic heterocycles. The van der Waals surface area contributed by atoms with E-state index in [0.29, 0.717) is 0 Å². The lowest BCUT2D eigenvalue weighted by Crippen LogP contribution is -2.37. The molecular weight excluding hydrogens is 152 g/mol. The van der Waals surface area contributed by atoms with Gasteiger partial charge in [-0.05, 0) is 26.9 Å². The Morgan fingerprint density at radius 2 is 1.83 bits per heavy atom. The molecule has 0 N–H and O–H groups in total. The topological polar surface area (TPSA) is 32.7 Å². The Hall–Kier alpha value is -0.660. The zero-order valence-electron chi connectivity index (χ0n) is 8.42. The van der Waals surface area contributed by atoms with Gasteiger partial charge in [0.25, 0.3) is 0 Å². The van der Waals surface area contributed by atoms with Crippen molar-refractivity contribution >= 4 is 6.08 Å². The maximum atomic E-state index is 10.1. The predicted octanol–water partition coefficient (Wildman–Crippen LogP) is 1.44. The van der Waals surface area contributed by atoms with E-state index in [-0.39, 0.29) is 5.54 Å². The maximum absolute atomic E-state index is 10.1. The Kier molecular flexibility index (Phi) is 4.79. The van der Waals surface area contributed by atoms with Gasteiger partial charge in [-0.15, -0.1) is 0 Å². The van der Waals surface area contributed by atoms with Gasteiger partial charge in [0.05, 0.1) is 5.54 Å². The molecular formula is C9H18N2O. The molecule has 0 aliphatic heterocycles. The number of aliphatic imine (C=N–C) groups is 1. The van der Waals surface area contributed by atoms with Gasteiger partial charge in [0.15, 0.2) is 0 Å². The molecule has 0 radical (unpaired) electrons. The average molecular weight is 170 g/mol.